The quantitative estimate of drug-likeness (QED) is 0.361. The minimum atomic E-state index is 0.0251. The van der Waals surface area contributed by atoms with E-state index >= 15 is 0 Å². The van der Waals surface area contributed by atoms with Crippen molar-refractivity contribution in [3.05, 3.63) is 28.8 Å². The van der Waals surface area contributed by atoms with Crippen LogP contribution >= 0.6 is 11.6 Å². The zero-order valence-corrected chi connectivity index (χ0v) is 10.0. The van der Waals surface area contributed by atoms with E-state index in [1.54, 1.807) is 6.07 Å². The van der Waals surface area contributed by atoms with E-state index in [1.807, 2.05) is 12.1 Å². The number of nitrogens with zero attached hydrogens (tertiary/aromatic N) is 2. The Kier molecular flexibility index (Phi) is 3.71. The average molecular weight is 256 g/mol. The first-order valence-electron chi connectivity index (χ1n) is 5.33. The zero-order chi connectivity index (χ0) is 12.3. The van der Waals surface area contributed by atoms with Crippen LogP contribution in [0.2, 0.25) is 5.02 Å². The van der Waals surface area contributed by atoms with Crippen LogP contribution in [0.5, 0.6) is 0 Å². The van der Waals surface area contributed by atoms with Gasteiger partial charge in [-0.15, -0.1) is 0 Å². The van der Waals surface area contributed by atoms with Crippen LogP contribution in [-0.2, 0) is 4.74 Å². The summed E-state index contributed by atoms with van der Waals surface area (Å²) in [4.78, 5) is 2.11. The van der Waals surface area contributed by atoms with Crippen LogP contribution in [0.3, 0.4) is 0 Å². The minimum absolute atomic E-state index is 0.0251. The molecular weight excluding hydrogens is 242 g/mol. The third-order valence-electron chi connectivity index (χ3n) is 2.71. The van der Waals surface area contributed by atoms with E-state index in [0.717, 1.165) is 18.8 Å². The molecule has 1 heterocycles. The molecule has 1 aromatic carbocycles. The van der Waals surface area contributed by atoms with E-state index < -0.39 is 0 Å². The Morgan fingerprint density at radius 3 is 2.76 bits per heavy atom. The lowest BCUT2D eigenvalue weighted by molar-refractivity contribution is 0.122. The molecule has 0 radical (unpaired) electrons. The van der Waals surface area contributed by atoms with Crippen molar-refractivity contribution in [2.45, 2.75) is 0 Å². The summed E-state index contributed by atoms with van der Waals surface area (Å²) in [6, 6.07) is 5.48. The van der Waals surface area contributed by atoms with Gasteiger partial charge in [-0.25, -0.2) is 0 Å². The molecule has 0 spiro atoms. The Balaban J connectivity index is 2.41. The maximum Gasteiger partial charge on any atom is 0.173 e. The van der Waals surface area contributed by atoms with E-state index in [4.69, 9.17) is 27.3 Å². The molecule has 5 nitrogen and oxygen atoms in total. The fourth-order valence-electron chi connectivity index (χ4n) is 1.88. The lowest BCUT2D eigenvalue weighted by Gasteiger charge is -2.30. The number of amidine groups is 1. The van der Waals surface area contributed by atoms with Crippen molar-refractivity contribution in [1.29, 1.82) is 0 Å². The lowest BCUT2D eigenvalue weighted by Crippen LogP contribution is -2.37. The smallest absolute Gasteiger partial charge is 0.173 e. The van der Waals surface area contributed by atoms with Gasteiger partial charge in [0.15, 0.2) is 5.84 Å². The highest BCUT2D eigenvalue weighted by Gasteiger charge is 2.18. The van der Waals surface area contributed by atoms with Gasteiger partial charge in [-0.1, -0.05) is 22.8 Å². The normalized spacial score (nSPS) is 17.2. The largest absolute Gasteiger partial charge is 0.409 e. The monoisotopic (exact) mass is 255 g/mol. The number of hydrogen-bond acceptors (Lipinski definition) is 4. The molecule has 2 rings (SSSR count). The standard InChI is InChI=1S/C11H14ClN3O2/c12-8-2-1-3-9(10(8)11(13)14-16)15-4-6-17-7-5-15/h1-3,16H,4-7H2,(H2,13,14). The van der Waals surface area contributed by atoms with Crippen LogP contribution in [0.1, 0.15) is 5.56 Å². The number of ether oxygens (including phenoxy) is 1. The van der Waals surface area contributed by atoms with Crippen molar-refractivity contribution >= 4 is 23.1 Å². The molecule has 1 aliphatic heterocycles. The van der Waals surface area contributed by atoms with Gasteiger partial charge in [0.2, 0.25) is 0 Å². The highest BCUT2D eigenvalue weighted by molar-refractivity contribution is 6.34. The summed E-state index contributed by atoms with van der Waals surface area (Å²) >= 11 is 6.09. The van der Waals surface area contributed by atoms with Gasteiger partial charge in [0.05, 0.1) is 23.8 Å². The maximum atomic E-state index is 8.80. The Morgan fingerprint density at radius 2 is 2.12 bits per heavy atom. The molecule has 92 valence electrons. The second-order valence-electron chi connectivity index (χ2n) is 3.72. The molecule has 1 saturated heterocycles. The van der Waals surface area contributed by atoms with Gasteiger partial charge < -0.3 is 20.6 Å². The van der Waals surface area contributed by atoms with Gasteiger partial charge in [0.25, 0.3) is 0 Å². The summed E-state index contributed by atoms with van der Waals surface area (Å²) in [7, 11) is 0. The number of benzene rings is 1. The fraction of sp³-hybridized carbons (Fsp3) is 0.364. The van der Waals surface area contributed by atoms with Crippen molar-refractivity contribution in [2.24, 2.45) is 10.9 Å². The van der Waals surface area contributed by atoms with Crippen LogP contribution in [0.25, 0.3) is 0 Å². The minimum Gasteiger partial charge on any atom is -0.409 e. The first-order chi connectivity index (χ1) is 8.24. The second kappa shape index (κ2) is 5.25. The Labute approximate surface area is 104 Å². The van der Waals surface area contributed by atoms with Crippen molar-refractivity contribution in [3.63, 3.8) is 0 Å². The molecule has 6 heteroatoms. The third kappa shape index (κ3) is 2.45. The number of halogens is 1. The molecule has 0 aliphatic carbocycles. The van der Waals surface area contributed by atoms with E-state index in [1.165, 1.54) is 0 Å². The van der Waals surface area contributed by atoms with E-state index in [2.05, 4.69) is 10.1 Å². The SMILES string of the molecule is NC(=NO)c1c(Cl)cccc1N1CCOCC1. The van der Waals surface area contributed by atoms with Gasteiger partial charge in [-0.2, -0.15) is 0 Å². The third-order valence-corrected chi connectivity index (χ3v) is 3.02. The Morgan fingerprint density at radius 1 is 1.41 bits per heavy atom. The number of rotatable bonds is 2. The summed E-state index contributed by atoms with van der Waals surface area (Å²) in [5.74, 6) is 0.0251. The molecule has 3 N–H and O–H groups in total. The zero-order valence-electron chi connectivity index (χ0n) is 9.27. The second-order valence-corrected chi connectivity index (χ2v) is 4.13. The van der Waals surface area contributed by atoms with Crippen molar-refractivity contribution in [2.75, 3.05) is 31.2 Å². The summed E-state index contributed by atoms with van der Waals surface area (Å²) in [6.45, 7) is 2.88. The number of oxime groups is 1. The van der Waals surface area contributed by atoms with E-state index in [0.29, 0.717) is 23.8 Å². The van der Waals surface area contributed by atoms with E-state index in [-0.39, 0.29) is 5.84 Å². The van der Waals surface area contributed by atoms with Crippen LogP contribution in [0.15, 0.2) is 23.4 Å². The predicted octanol–water partition coefficient (Wildman–Crippen LogP) is 1.27. The molecule has 0 saturated carbocycles. The molecule has 0 atom stereocenters. The summed E-state index contributed by atoms with van der Waals surface area (Å²) in [5.41, 5.74) is 7.10. The number of nitrogens with two attached hydrogens (primary N) is 1. The summed E-state index contributed by atoms with van der Waals surface area (Å²) < 4.78 is 5.29. The van der Waals surface area contributed by atoms with Gasteiger partial charge in [-0.05, 0) is 12.1 Å². The highest BCUT2D eigenvalue weighted by atomic mass is 35.5. The average Bonchev–Trinajstić information content (AvgIpc) is 2.38. The Bertz CT molecular complexity index is 431. The van der Waals surface area contributed by atoms with Gasteiger partial charge in [0.1, 0.15) is 0 Å². The molecule has 0 bridgehead atoms. The molecule has 17 heavy (non-hydrogen) atoms. The first kappa shape index (κ1) is 12.0. The molecule has 1 fully saturated rings. The predicted molar refractivity (Wildman–Crippen MR) is 67.0 cm³/mol. The maximum absolute atomic E-state index is 8.80. The number of morpholine rings is 1. The van der Waals surface area contributed by atoms with Crippen LogP contribution < -0.4 is 10.6 Å². The van der Waals surface area contributed by atoms with Crippen LogP contribution in [-0.4, -0.2) is 37.3 Å². The summed E-state index contributed by atoms with van der Waals surface area (Å²) in [6.07, 6.45) is 0. The molecular formula is C11H14ClN3O2. The van der Waals surface area contributed by atoms with Gasteiger partial charge in [-0.3, -0.25) is 0 Å². The highest BCUT2D eigenvalue weighted by Crippen LogP contribution is 2.27. The molecule has 1 aliphatic rings. The fourth-order valence-corrected chi connectivity index (χ4v) is 2.15. The molecule has 0 aromatic heterocycles. The van der Waals surface area contributed by atoms with Crippen LogP contribution in [0.4, 0.5) is 5.69 Å². The van der Waals surface area contributed by atoms with Gasteiger partial charge in [0, 0.05) is 18.8 Å². The lowest BCUT2D eigenvalue weighted by atomic mass is 10.1. The number of hydrogen-bond donors (Lipinski definition) is 2. The molecule has 0 amide bonds. The van der Waals surface area contributed by atoms with Crippen molar-refractivity contribution in [3.8, 4) is 0 Å². The Hall–Kier alpha value is -1.46. The summed E-state index contributed by atoms with van der Waals surface area (Å²) in [5, 5.41) is 12.3. The topological polar surface area (TPSA) is 71.1 Å². The van der Waals surface area contributed by atoms with Crippen LogP contribution in [0, 0.1) is 0 Å². The first-order valence-corrected chi connectivity index (χ1v) is 5.71. The molecule has 1 aromatic rings. The van der Waals surface area contributed by atoms with Crippen molar-refractivity contribution in [1.82, 2.24) is 0 Å². The van der Waals surface area contributed by atoms with E-state index in [9.17, 15) is 0 Å². The van der Waals surface area contributed by atoms with Gasteiger partial charge >= 0.3 is 0 Å². The molecule has 0 unspecified atom stereocenters. The van der Waals surface area contributed by atoms with Crippen molar-refractivity contribution < 1.29 is 9.94 Å². The number of anilines is 1.